The van der Waals surface area contributed by atoms with E-state index in [1.807, 2.05) is 30.3 Å². The Hall–Kier alpha value is -3.53. The van der Waals surface area contributed by atoms with Crippen molar-refractivity contribution in [3.63, 3.8) is 0 Å². The maximum absolute atomic E-state index is 14.2. The molecule has 0 saturated heterocycles. The number of halogens is 2. The summed E-state index contributed by atoms with van der Waals surface area (Å²) in [5, 5.41) is 2.78. The van der Waals surface area contributed by atoms with Crippen molar-refractivity contribution in [2.75, 3.05) is 37.8 Å². The van der Waals surface area contributed by atoms with Crippen LogP contribution < -0.4 is 30.2 Å². The summed E-state index contributed by atoms with van der Waals surface area (Å²) in [6.45, 7) is 1.92. The number of nitrogens with zero attached hydrogens (tertiary/aromatic N) is 2. The smallest absolute Gasteiger partial charge is 0.253 e. The van der Waals surface area contributed by atoms with Gasteiger partial charge in [0.15, 0.2) is 11.5 Å². The second-order valence-corrected chi connectivity index (χ2v) is 8.64. The van der Waals surface area contributed by atoms with Gasteiger partial charge < -0.3 is 30.2 Å². The summed E-state index contributed by atoms with van der Waals surface area (Å²) in [6.07, 6.45) is 1.62. The van der Waals surface area contributed by atoms with Crippen LogP contribution >= 0.6 is 24.8 Å². The van der Waals surface area contributed by atoms with Gasteiger partial charge in [0.05, 0.1) is 17.8 Å². The van der Waals surface area contributed by atoms with Gasteiger partial charge in [0.2, 0.25) is 5.91 Å². The van der Waals surface area contributed by atoms with Gasteiger partial charge in [0.1, 0.15) is 31.0 Å². The standard InChI is InChI=1S/C26H24N4O5.2ClH/c27-7-9-29-24(31)16-4-3-8-28-19(16)14-30-20-6-2-1-5-17(20)26(25(30)32)15-35-21-13-23-22(12-18(21)26)33-10-11-34-23;;/h1-6,8,12-13H,7,9-11,14-15,27H2,(H,29,31);2*1H. The first-order chi connectivity index (χ1) is 17.1. The summed E-state index contributed by atoms with van der Waals surface area (Å²) < 4.78 is 17.6. The second kappa shape index (κ2) is 10.5. The Morgan fingerprint density at radius 1 is 1.00 bits per heavy atom. The van der Waals surface area contributed by atoms with Crippen LogP contribution in [0.15, 0.2) is 54.7 Å². The molecule has 3 N–H and O–H groups in total. The lowest BCUT2D eigenvalue weighted by Crippen LogP contribution is -2.42. The SMILES string of the molecule is Cl.Cl.NCCNC(=O)c1cccnc1CN1C(=O)C2(COc3cc4c(cc32)OCCO4)c2ccccc21. The van der Waals surface area contributed by atoms with Crippen molar-refractivity contribution < 1.29 is 23.8 Å². The number of anilines is 1. The van der Waals surface area contributed by atoms with Crippen LogP contribution in [0.3, 0.4) is 0 Å². The van der Waals surface area contributed by atoms with Crippen LogP contribution in [-0.2, 0) is 16.8 Å². The van der Waals surface area contributed by atoms with E-state index in [9.17, 15) is 9.59 Å². The number of benzene rings is 2. The van der Waals surface area contributed by atoms with Crippen LogP contribution in [0.25, 0.3) is 0 Å². The van der Waals surface area contributed by atoms with Gasteiger partial charge in [-0.25, -0.2) is 0 Å². The highest BCUT2D eigenvalue weighted by molar-refractivity contribution is 6.11. The number of ether oxygens (including phenoxy) is 3. The third-order valence-electron chi connectivity index (χ3n) is 6.69. The van der Waals surface area contributed by atoms with Gasteiger partial charge in [0.25, 0.3) is 5.91 Å². The van der Waals surface area contributed by atoms with Gasteiger partial charge in [-0.05, 0) is 29.8 Å². The fraction of sp³-hybridized carbons (Fsp3) is 0.269. The van der Waals surface area contributed by atoms with Gasteiger partial charge in [0, 0.05) is 36.6 Å². The zero-order valence-electron chi connectivity index (χ0n) is 19.8. The highest BCUT2D eigenvalue weighted by atomic mass is 35.5. The first-order valence-electron chi connectivity index (χ1n) is 11.5. The zero-order valence-corrected chi connectivity index (χ0v) is 21.4. The van der Waals surface area contributed by atoms with Crippen LogP contribution in [0.2, 0.25) is 0 Å². The van der Waals surface area contributed by atoms with Crippen molar-refractivity contribution in [2.45, 2.75) is 12.0 Å². The summed E-state index contributed by atoms with van der Waals surface area (Å²) in [5.74, 6) is 1.43. The molecule has 1 aromatic heterocycles. The Bertz CT molecular complexity index is 1350. The minimum absolute atomic E-state index is 0. The van der Waals surface area contributed by atoms with E-state index in [-0.39, 0.29) is 49.8 Å². The van der Waals surface area contributed by atoms with Crippen molar-refractivity contribution in [2.24, 2.45) is 5.73 Å². The molecule has 11 heteroatoms. The average molecular weight is 545 g/mol. The molecule has 0 bridgehead atoms. The number of pyridine rings is 1. The van der Waals surface area contributed by atoms with E-state index in [0.717, 1.165) is 16.8 Å². The van der Waals surface area contributed by atoms with Crippen molar-refractivity contribution in [1.82, 2.24) is 10.3 Å². The first-order valence-corrected chi connectivity index (χ1v) is 11.5. The fourth-order valence-electron chi connectivity index (χ4n) is 5.07. The number of carbonyl (C=O) groups is 2. The molecule has 37 heavy (non-hydrogen) atoms. The predicted octanol–water partition coefficient (Wildman–Crippen LogP) is 2.61. The van der Waals surface area contributed by atoms with E-state index in [1.165, 1.54) is 0 Å². The van der Waals surface area contributed by atoms with Crippen LogP contribution in [-0.4, -0.2) is 49.7 Å². The Morgan fingerprint density at radius 2 is 1.76 bits per heavy atom. The monoisotopic (exact) mass is 544 g/mol. The first kappa shape index (κ1) is 26.5. The number of amides is 2. The molecule has 0 radical (unpaired) electrons. The van der Waals surface area contributed by atoms with Gasteiger partial charge in [-0.3, -0.25) is 14.6 Å². The predicted molar refractivity (Wildman–Crippen MR) is 141 cm³/mol. The fourth-order valence-corrected chi connectivity index (χ4v) is 5.07. The molecule has 4 heterocycles. The van der Waals surface area contributed by atoms with E-state index < -0.39 is 5.41 Å². The topological polar surface area (TPSA) is 116 Å². The number of aromatic nitrogens is 1. The minimum atomic E-state index is -1.02. The van der Waals surface area contributed by atoms with Crippen LogP contribution in [0.1, 0.15) is 27.2 Å². The normalized spacial score (nSPS) is 18.3. The van der Waals surface area contributed by atoms with Crippen LogP contribution in [0.5, 0.6) is 17.2 Å². The van der Waals surface area contributed by atoms with Crippen molar-refractivity contribution in [1.29, 1.82) is 0 Å². The molecule has 3 aromatic rings. The number of fused-ring (bicyclic) bond motifs is 5. The third kappa shape index (κ3) is 4.13. The maximum Gasteiger partial charge on any atom is 0.253 e. The molecule has 1 spiro atoms. The van der Waals surface area contributed by atoms with E-state index in [0.29, 0.717) is 54.8 Å². The van der Waals surface area contributed by atoms with E-state index in [4.69, 9.17) is 19.9 Å². The lowest BCUT2D eigenvalue weighted by molar-refractivity contribution is -0.122. The summed E-state index contributed by atoms with van der Waals surface area (Å²) in [6, 6.07) is 14.7. The lowest BCUT2D eigenvalue weighted by atomic mass is 9.77. The highest BCUT2D eigenvalue weighted by Gasteiger charge is 2.57. The molecular formula is C26H26Cl2N4O5. The summed E-state index contributed by atoms with van der Waals surface area (Å²) in [7, 11) is 0. The number of para-hydroxylation sites is 1. The van der Waals surface area contributed by atoms with Gasteiger partial charge in [-0.1, -0.05) is 18.2 Å². The van der Waals surface area contributed by atoms with Gasteiger partial charge >= 0.3 is 0 Å². The number of nitrogens with one attached hydrogen (secondary N) is 1. The Morgan fingerprint density at radius 3 is 2.54 bits per heavy atom. The number of hydrogen-bond acceptors (Lipinski definition) is 7. The molecule has 3 aliphatic rings. The molecule has 1 atom stereocenters. The minimum Gasteiger partial charge on any atom is -0.491 e. The van der Waals surface area contributed by atoms with Crippen LogP contribution in [0.4, 0.5) is 5.69 Å². The zero-order chi connectivity index (χ0) is 24.0. The third-order valence-corrected chi connectivity index (χ3v) is 6.69. The molecular weight excluding hydrogens is 519 g/mol. The van der Waals surface area contributed by atoms with E-state index in [1.54, 1.807) is 29.3 Å². The van der Waals surface area contributed by atoms with Gasteiger partial charge in [-0.2, -0.15) is 0 Å². The molecule has 3 aliphatic heterocycles. The number of hydrogen-bond donors (Lipinski definition) is 2. The van der Waals surface area contributed by atoms with Crippen molar-refractivity contribution >= 4 is 42.3 Å². The molecule has 0 aliphatic carbocycles. The van der Waals surface area contributed by atoms with Crippen LogP contribution in [0, 0.1) is 0 Å². The molecule has 0 fully saturated rings. The maximum atomic E-state index is 14.2. The molecule has 6 rings (SSSR count). The Labute approximate surface area is 226 Å². The van der Waals surface area contributed by atoms with E-state index in [2.05, 4.69) is 10.3 Å². The molecule has 2 amide bonds. The number of rotatable bonds is 5. The van der Waals surface area contributed by atoms with Gasteiger partial charge in [-0.15, -0.1) is 24.8 Å². The van der Waals surface area contributed by atoms with E-state index >= 15 is 0 Å². The summed E-state index contributed by atoms with van der Waals surface area (Å²) in [4.78, 5) is 33.1. The molecule has 9 nitrogen and oxygen atoms in total. The summed E-state index contributed by atoms with van der Waals surface area (Å²) >= 11 is 0. The molecule has 0 saturated carbocycles. The Kier molecular flexibility index (Phi) is 7.49. The molecule has 1 unspecified atom stereocenters. The highest BCUT2D eigenvalue weighted by Crippen LogP contribution is 2.55. The molecule has 2 aromatic carbocycles. The van der Waals surface area contributed by atoms with Crippen molar-refractivity contribution in [3.8, 4) is 17.2 Å². The molecule has 194 valence electrons. The number of carbonyl (C=O) groups excluding carboxylic acids is 2. The second-order valence-electron chi connectivity index (χ2n) is 8.64. The lowest BCUT2D eigenvalue weighted by Gasteiger charge is -2.25. The largest absolute Gasteiger partial charge is 0.491 e. The summed E-state index contributed by atoms with van der Waals surface area (Å²) in [5.41, 5.74) is 7.80. The quantitative estimate of drug-likeness (QED) is 0.507. The average Bonchev–Trinajstić information content (AvgIpc) is 3.38. The number of nitrogens with two attached hydrogens (primary N) is 1. The Balaban J connectivity index is 0.00000160. The van der Waals surface area contributed by atoms with Crippen molar-refractivity contribution in [3.05, 3.63) is 77.1 Å².